The average molecular weight is 241 g/mol. The van der Waals surface area contributed by atoms with E-state index in [2.05, 4.69) is 5.32 Å². The van der Waals surface area contributed by atoms with Gasteiger partial charge in [-0.25, -0.2) is 0 Å². The topological polar surface area (TPSA) is 75.4 Å². The summed E-state index contributed by atoms with van der Waals surface area (Å²) < 4.78 is 0. The van der Waals surface area contributed by atoms with Gasteiger partial charge in [0.15, 0.2) is 0 Å². The zero-order chi connectivity index (χ0) is 12.7. The van der Waals surface area contributed by atoms with Gasteiger partial charge in [-0.3, -0.25) is 9.59 Å². The summed E-state index contributed by atoms with van der Waals surface area (Å²) in [4.78, 5) is 23.6. The summed E-state index contributed by atoms with van der Waals surface area (Å²) in [5.41, 5.74) is 5.06. The van der Waals surface area contributed by atoms with Gasteiger partial charge >= 0.3 is 0 Å². The highest BCUT2D eigenvalue weighted by atomic mass is 16.2. The van der Waals surface area contributed by atoms with Crippen molar-refractivity contribution in [2.45, 2.75) is 45.1 Å². The first-order valence-electron chi connectivity index (χ1n) is 6.37. The summed E-state index contributed by atoms with van der Waals surface area (Å²) in [6, 6.07) is 0.513. The molecule has 5 nitrogen and oxygen atoms in total. The number of nitrogens with one attached hydrogen (secondary N) is 1. The van der Waals surface area contributed by atoms with Crippen LogP contribution in [0.5, 0.6) is 0 Å². The number of likely N-dealkylation sites (tertiary alicyclic amines) is 1. The Morgan fingerprint density at radius 3 is 2.47 bits per heavy atom. The molecule has 0 spiro atoms. The van der Waals surface area contributed by atoms with Crippen LogP contribution in [0.4, 0.5) is 0 Å². The maximum atomic E-state index is 11.1. The van der Waals surface area contributed by atoms with E-state index in [1.54, 1.807) is 6.92 Å². The van der Waals surface area contributed by atoms with Crippen LogP contribution in [0.1, 0.15) is 39.0 Å². The molecule has 0 radical (unpaired) electrons. The van der Waals surface area contributed by atoms with Crippen molar-refractivity contribution in [1.29, 1.82) is 0 Å². The molecule has 17 heavy (non-hydrogen) atoms. The van der Waals surface area contributed by atoms with Crippen molar-refractivity contribution in [3.05, 3.63) is 0 Å². The second kappa shape index (κ2) is 7.27. The minimum atomic E-state index is -0.222. The first kappa shape index (κ1) is 14.0. The molecule has 1 aliphatic rings. The first-order chi connectivity index (χ1) is 8.09. The fourth-order valence-electron chi connectivity index (χ4n) is 2.13. The van der Waals surface area contributed by atoms with Crippen molar-refractivity contribution in [3.8, 4) is 0 Å². The van der Waals surface area contributed by atoms with E-state index in [0.29, 0.717) is 12.5 Å². The van der Waals surface area contributed by atoms with Crippen molar-refractivity contribution in [3.63, 3.8) is 0 Å². The molecule has 1 fully saturated rings. The summed E-state index contributed by atoms with van der Waals surface area (Å²) in [5, 5.41) is 3.46. The van der Waals surface area contributed by atoms with E-state index in [1.165, 1.54) is 0 Å². The molecule has 0 unspecified atom stereocenters. The molecule has 1 aliphatic heterocycles. The molecule has 3 N–H and O–H groups in total. The fraction of sp³-hybridized carbons (Fsp3) is 0.833. The molecule has 0 saturated carbocycles. The van der Waals surface area contributed by atoms with Gasteiger partial charge in [0.1, 0.15) is 0 Å². The minimum Gasteiger partial charge on any atom is -0.370 e. The molecule has 0 aliphatic carbocycles. The number of amides is 2. The van der Waals surface area contributed by atoms with Crippen LogP contribution < -0.4 is 11.1 Å². The number of unbranched alkanes of at least 4 members (excludes halogenated alkanes) is 1. The SMILES string of the molecule is CC(=O)N1CCC(NCCCCC(N)=O)CC1. The first-order valence-corrected chi connectivity index (χ1v) is 6.37. The lowest BCUT2D eigenvalue weighted by molar-refractivity contribution is -0.129. The predicted octanol–water partition coefficient (Wildman–Crippen LogP) is 0.243. The van der Waals surface area contributed by atoms with E-state index in [0.717, 1.165) is 45.3 Å². The van der Waals surface area contributed by atoms with E-state index in [-0.39, 0.29) is 11.8 Å². The molecule has 98 valence electrons. The van der Waals surface area contributed by atoms with Crippen LogP contribution in [0, 0.1) is 0 Å². The van der Waals surface area contributed by atoms with Crippen molar-refractivity contribution < 1.29 is 9.59 Å². The highest BCUT2D eigenvalue weighted by Crippen LogP contribution is 2.10. The van der Waals surface area contributed by atoms with E-state index in [9.17, 15) is 9.59 Å². The number of rotatable bonds is 6. The minimum absolute atomic E-state index is 0.171. The number of hydrogen-bond donors (Lipinski definition) is 2. The fourth-order valence-corrected chi connectivity index (χ4v) is 2.13. The molecular formula is C12H23N3O2. The molecular weight excluding hydrogens is 218 g/mol. The second-order valence-corrected chi connectivity index (χ2v) is 4.66. The zero-order valence-electron chi connectivity index (χ0n) is 10.6. The Bertz CT molecular complexity index is 260. The lowest BCUT2D eigenvalue weighted by atomic mass is 10.0. The van der Waals surface area contributed by atoms with Crippen LogP contribution >= 0.6 is 0 Å². The Morgan fingerprint density at radius 2 is 1.94 bits per heavy atom. The predicted molar refractivity (Wildman–Crippen MR) is 66.3 cm³/mol. The highest BCUT2D eigenvalue weighted by molar-refractivity contribution is 5.73. The summed E-state index contributed by atoms with van der Waals surface area (Å²) in [6.45, 7) is 4.26. The molecule has 1 saturated heterocycles. The van der Waals surface area contributed by atoms with Crippen molar-refractivity contribution >= 4 is 11.8 Å². The number of carbonyl (C=O) groups excluding carboxylic acids is 2. The number of nitrogens with zero attached hydrogens (tertiary/aromatic N) is 1. The van der Waals surface area contributed by atoms with Crippen LogP contribution in [0.15, 0.2) is 0 Å². The lowest BCUT2D eigenvalue weighted by Gasteiger charge is -2.31. The van der Waals surface area contributed by atoms with Gasteiger partial charge in [-0.05, 0) is 32.2 Å². The number of carbonyl (C=O) groups is 2. The average Bonchev–Trinajstić information content (AvgIpc) is 2.29. The normalized spacial score (nSPS) is 17.1. The third-order valence-electron chi connectivity index (χ3n) is 3.22. The third-order valence-corrected chi connectivity index (χ3v) is 3.22. The van der Waals surface area contributed by atoms with Gasteiger partial charge in [-0.15, -0.1) is 0 Å². The second-order valence-electron chi connectivity index (χ2n) is 4.66. The molecule has 0 bridgehead atoms. The van der Waals surface area contributed by atoms with E-state index >= 15 is 0 Å². The smallest absolute Gasteiger partial charge is 0.219 e. The lowest BCUT2D eigenvalue weighted by Crippen LogP contribution is -2.44. The maximum absolute atomic E-state index is 11.1. The van der Waals surface area contributed by atoms with Gasteiger partial charge in [-0.2, -0.15) is 0 Å². The van der Waals surface area contributed by atoms with Gasteiger partial charge in [0.05, 0.1) is 0 Å². The van der Waals surface area contributed by atoms with Crippen LogP contribution in [-0.4, -0.2) is 42.4 Å². The van der Waals surface area contributed by atoms with Gasteiger partial charge in [-0.1, -0.05) is 0 Å². The molecule has 2 amide bonds. The van der Waals surface area contributed by atoms with Gasteiger partial charge in [0, 0.05) is 32.5 Å². The van der Waals surface area contributed by atoms with Crippen LogP contribution in [0.2, 0.25) is 0 Å². The Morgan fingerprint density at radius 1 is 1.29 bits per heavy atom. The standard InChI is InChI=1S/C12H23N3O2/c1-10(16)15-8-5-11(6-9-15)14-7-3-2-4-12(13)17/h11,14H,2-9H2,1H3,(H2,13,17). The van der Waals surface area contributed by atoms with Gasteiger partial charge < -0.3 is 16.0 Å². The zero-order valence-corrected chi connectivity index (χ0v) is 10.6. The van der Waals surface area contributed by atoms with Gasteiger partial charge in [0.25, 0.3) is 0 Å². The Hall–Kier alpha value is -1.10. The van der Waals surface area contributed by atoms with Crippen LogP contribution in [0.3, 0.4) is 0 Å². The van der Waals surface area contributed by atoms with Crippen LogP contribution in [-0.2, 0) is 9.59 Å². The summed E-state index contributed by atoms with van der Waals surface area (Å²) in [6.07, 6.45) is 4.36. The van der Waals surface area contributed by atoms with Crippen molar-refractivity contribution in [2.24, 2.45) is 5.73 Å². The molecule has 0 aromatic carbocycles. The summed E-state index contributed by atoms with van der Waals surface area (Å²) in [5.74, 6) is -0.0512. The number of primary amides is 1. The van der Waals surface area contributed by atoms with E-state index < -0.39 is 0 Å². The number of nitrogens with two attached hydrogens (primary N) is 1. The van der Waals surface area contributed by atoms with Crippen LogP contribution in [0.25, 0.3) is 0 Å². The summed E-state index contributed by atoms with van der Waals surface area (Å²) >= 11 is 0. The monoisotopic (exact) mass is 241 g/mol. The third kappa shape index (κ3) is 5.68. The molecule has 0 aromatic heterocycles. The van der Waals surface area contributed by atoms with Crippen molar-refractivity contribution in [1.82, 2.24) is 10.2 Å². The van der Waals surface area contributed by atoms with Gasteiger partial charge in [0.2, 0.25) is 11.8 Å². The molecule has 0 atom stereocenters. The van der Waals surface area contributed by atoms with E-state index in [4.69, 9.17) is 5.73 Å². The molecule has 1 rings (SSSR count). The number of piperidine rings is 1. The summed E-state index contributed by atoms with van der Waals surface area (Å²) in [7, 11) is 0. The Labute approximate surface area is 103 Å². The van der Waals surface area contributed by atoms with Crippen molar-refractivity contribution in [2.75, 3.05) is 19.6 Å². The quantitative estimate of drug-likeness (QED) is 0.654. The Balaban J connectivity index is 2.02. The maximum Gasteiger partial charge on any atom is 0.219 e. The largest absolute Gasteiger partial charge is 0.370 e. The molecule has 0 aromatic rings. The molecule has 5 heteroatoms. The number of hydrogen-bond acceptors (Lipinski definition) is 3. The van der Waals surface area contributed by atoms with E-state index in [1.807, 2.05) is 4.90 Å². The highest BCUT2D eigenvalue weighted by Gasteiger charge is 2.19. The molecule has 1 heterocycles. The Kier molecular flexibility index (Phi) is 5.97.